The number of rotatable bonds is 1. The number of fused-ring (bicyclic) bond motifs is 1. The van der Waals surface area contributed by atoms with Crippen LogP contribution in [0.2, 0.25) is 0 Å². The predicted octanol–water partition coefficient (Wildman–Crippen LogP) is 7.32. The van der Waals surface area contributed by atoms with Crippen molar-refractivity contribution in [1.29, 1.82) is 0 Å². The Morgan fingerprint density at radius 2 is 1.46 bits per heavy atom. The van der Waals surface area contributed by atoms with Crippen LogP contribution in [0.25, 0.3) is 5.76 Å². The van der Waals surface area contributed by atoms with Gasteiger partial charge in [0, 0.05) is 36.6 Å². The van der Waals surface area contributed by atoms with E-state index in [1.54, 1.807) is 0 Å². The van der Waals surface area contributed by atoms with E-state index in [-0.39, 0.29) is 5.41 Å². The van der Waals surface area contributed by atoms with Gasteiger partial charge in [-0.1, -0.05) is 56.0 Å². The molecule has 0 unspecified atom stereocenters. The summed E-state index contributed by atoms with van der Waals surface area (Å²) in [5.41, 5.74) is 3.96. The summed E-state index contributed by atoms with van der Waals surface area (Å²) in [4.78, 5) is 0. The summed E-state index contributed by atoms with van der Waals surface area (Å²) in [6.45, 7) is 4.41. The van der Waals surface area contributed by atoms with Crippen molar-refractivity contribution < 1.29 is 4.74 Å². The van der Waals surface area contributed by atoms with Crippen molar-refractivity contribution >= 4 is 37.6 Å². The Hall–Kier alpha value is -2.28. The van der Waals surface area contributed by atoms with E-state index in [1.165, 1.54) is 0 Å². The van der Waals surface area contributed by atoms with Crippen LogP contribution in [0.1, 0.15) is 36.1 Å². The van der Waals surface area contributed by atoms with Gasteiger partial charge in [-0.05, 0) is 74.3 Å². The standard InChI is InChI=1S/C25H18Br2O/c1-25(2)16-23(24-20(26)9-6-10-21(24)27)28-22-15-18(13-14-19(22)25)12-11-17-7-4-3-5-8-17/h3-10,13-16H,1-2H3. The molecular formula is C25H18Br2O. The molecule has 0 atom stereocenters. The number of hydrogen-bond acceptors (Lipinski definition) is 1. The first-order valence-corrected chi connectivity index (χ1v) is 10.6. The third kappa shape index (κ3) is 3.81. The van der Waals surface area contributed by atoms with Crippen LogP contribution >= 0.6 is 31.9 Å². The molecule has 1 aliphatic heterocycles. The van der Waals surface area contributed by atoms with Crippen LogP contribution in [-0.2, 0) is 5.41 Å². The average Bonchev–Trinajstić information content (AvgIpc) is 2.66. The maximum Gasteiger partial charge on any atom is 0.133 e. The highest BCUT2D eigenvalue weighted by atomic mass is 79.9. The van der Waals surface area contributed by atoms with Gasteiger partial charge in [0.05, 0.1) is 0 Å². The quantitative estimate of drug-likeness (QED) is 0.322. The smallest absolute Gasteiger partial charge is 0.133 e. The normalized spacial score (nSPS) is 14.2. The molecule has 3 heteroatoms. The minimum atomic E-state index is -0.150. The van der Waals surface area contributed by atoms with Gasteiger partial charge in [-0.3, -0.25) is 0 Å². The minimum Gasteiger partial charge on any atom is -0.457 e. The lowest BCUT2D eigenvalue weighted by Gasteiger charge is -2.31. The van der Waals surface area contributed by atoms with E-state index < -0.39 is 0 Å². The van der Waals surface area contributed by atoms with Gasteiger partial charge in [0.25, 0.3) is 0 Å². The summed E-state index contributed by atoms with van der Waals surface area (Å²) in [5, 5.41) is 0. The SMILES string of the molecule is CC1(C)C=C(c2c(Br)cccc2Br)Oc2cc(C#Cc3ccccc3)ccc21. The summed E-state index contributed by atoms with van der Waals surface area (Å²) in [6.07, 6.45) is 2.18. The molecule has 0 spiro atoms. The van der Waals surface area contributed by atoms with Crippen LogP contribution in [0.15, 0.2) is 81.8 Å². The summed E-state index contributed by atoms with van der Waals surface area (Å²) in [7, 11) is 0. The first-order valence-electron chi connectivity index (χ1n) is 9.01. The van der Waals surface area contributed by atoms with Crippen LogP contribution in [0.5, 0.6) is 5.75 Å². The second-order valence-electron chi connectivity index (χ2n) is 7.26. The second kappa shape index (κ2) is 7.62. The van der Waals surface area contributed by atoms with Gasteiger partial charge < -0.3 is 4.74 Å². The Kier molecular flexibility index (Phi) is 5.19. The number of hydrogen-bond donors (Lipinski definition) is 0. The van der Waals surface area contributed by atoms with Crippen molar-refractivity contribution in [2.45, 2.75) is 19.3 Å². The lowest BCUT2D eigenvalue weighted by Crippen LogP contribution is -2.21. The molecule has 0 bridgehead atoms. The highest BCUT2D eigenvalue weighted by Crippen LogP contribution is 2.44. The van der Waals surface area contributed by atoms with E-state index in [9.17, 15) is 0 Å². The van der Waals surface area contributed by atoms with E-state index in [2.05, 4.69) is 75.8 Å². The largest absolute Gasteiger partial charge is 0.457 e. The van der Waals surface area contributed by atoms with Gasteiger partial charge in [-0.15, -0.1) is 0 Å². The molecule has 1 nitrogen and oxygen atoms in total. The average molecular weight is 494 g/mol. The zero-order valence-corrected chi connectivity index (χ0v) is 18.8. The molecule has 0 N–H and O–H groups in total. The fourth-order valence-corrected chi connectivity index (χ4v) is 4.68. The molecule has 3 aromatic carbocycles. The molecular weight excluding hydrogens is 476 g/mol. The minimum absolute atomic E-state index is 0.150. The van der Waals surface area contributed by atoms with Crippen LogP contribution in [-0.4, -0.2) is 0 Å². The van der Waals surface area contributed by atoms with Crippen molar-refractivity contribution in [1.82, 2.24) is 0 Å². The molecule has 0 fully saturated rings. The van der Waals surface area contributed by atoms with E-state index >= 15 is 0 Å². The summed E-state index contributed by atoms with van der Waals surface area (Å²) >= 11 is 7.30. The lowest BCUT2D eigenvalue weighted by atomic mass is 9.81. The maximum atomic E-state index is 6.34. The number of ether oxygens (including phenoxy) is 1. The van der Waals surface area contributed by atoms with Gasteiger partial charge in [0.2, 0.25) is 0 Å². The van der Waals surface area contributed by atoms with Crippen molar-refractivity contribution in [3.8, 4) is 17.6 Å². The van der Waals surface area contributed by atoms with Crippen molar-refractivity contribution in [2.24, 2.45) is 0 Å². The first kappa shape index (κ1) is 19.1. The maximum absolute atomic E-state index is 6.34. The molecule has 0 aromatic heterocycles. The summed E-state index contributed by atoms with van der Waals surface area (Å²) < 4.78 is 8.33. The highest BCUT2D eigenvalue weighted by molar-refractivity contribution is 9.11. The molecule has 3 aromatic rings. The highest BCUT2D eigenvalue weighted by Gasteiger charge is 2.30. The third-order valence-electron chi connectivity index (χ3n) is 4.72. The predicted molar refractivity (Wildman–Crippen MR) is 122 cm³/mol. The Morgan fingerprint density at radius 3 is 2.18 bits per heavy atom. The van der Waals surface area contributed by atoms with Crippen LogP contribution in [0.3, 0.4) is 0 Å². The fraction of sp³-hybridized carbons (Fsp3) is 0.120. The van der Waals surface area contributed by atoms with Gasteiger partial charge in [-0.2, -0.15) is 0 Å². The lowest BCUT2D eigenvalue weighted by molar-refractivity contribution is 0.460. The van der Waals surface area contributed by atoms with E-state index in [0.29, 0.717) is 0 Å². The first-order chi connectivity index (χ1) is 13.4. The Balaban J connectivity index is 1.74. The molecule has 138 valence electrons. The summed E-state index contributed by atoms with van der Waals surface area (Å²) in [5.74, 6) is 8.15. The van der Waals surface area contributed by atoms with Crippen LogP contribution < -0.4 is 4.74 Å². The second-order valence-corrected chi connectivity index (χ2v) is 8.96. The van der Waals surface area contributed by atoms with E-state index in [0.717, 1.165) is 42.7 Å². The monoisotopic (exact) mass is 492 g/mol. The summed E-state index contributed by atoms with van der Waals surface area (Å²) in [6, 6.07) is 22.3. The van der Waals surface area contributed by atoms with Gasteiger partial charge in [0.15, 0.2) is 0 Å². The zero-order valence-electron chi connectivity index (χ0n) is 15.6. The Morgan fingerprint density at radius 1 is 0.786 bits per heavy atom. The van der Waals surface area contributed by atoms with Crippen molar-refractivity contribution in [3.63, 3.8) is 0 Å². The number of allylic oxidation sites excluding steroid dienone is 1. The van der Waals surface area contributed by atoms with Crippen LogP contribution in [0, 0.1) is 11.8 Å². The molecule has 4 rings (SSSR count). The molecule has 0 saturated heterocycles. The fourth-order valence-electron chi connectivity index (χ4n) is 3.29. The van der Waals surface area contributed by atoms with Crippen molar-refractivity contribution in [3.05, 3.63) is 104 Å². The van der Waals surface area contributed by atoms with Gasteiger partial charge in [0.1, 0.15) is 11.5 Å². The van der Waals surface area contributed by atoms with Gasteiger partial charge in [-0.25, -0.2) is 0 Å². The van der Waals surface area contributed by atoms with Gasteiger partial charge >= 0.3 is 0 Å². The third-order valence-corrected chi connectivity index (χ3v) is 6.04. The number of benzene rings is 3. The molecule has 0 saturated carbocycles. The molecule has 1 heterocycles. The topological polar surface area (TPSA) is 9.23 Å². The van der Waals surface area contributed by atoms with E-state index in [4.69, 9.17) is 4.74 Å². The van der Waals surface area contributed by atoms with Crippen LogP contribution in [0.4, 0.5) is 0 Å². The number of halogens is 2. The molecule has 28 heavy (non-hydrogen) atoms. The zero-order chi connectivity index (χ0) is 19.7. The molecule has 1 aliphatic rings. The molecule has 0 radical (unpaired) electrons. The molecule has 0 aliphatic carbocycles. The molecule has 0 amide bonds. The Labute approximate surface area is 182 Å². The Bertz CT molecular complexity index is 1110. The van der Waals surface area contributed by atoms with Crippen molar-refractivity contribution in [2.75, 3.05) is 0 Å². The van der Waals surface area contributed by atoms with E-state index in [1.807, 2.05) is 54.6 Å².